The van der Waals surface area contributed by atoms with Crippen molar-refractivity contribution in [2.24, 2.45) is 0 Å². The van der Waals surface area contributed by atoms with E-state index < -0.39 is 25.7 Å². The maximum atomic E-state index is 13.0. The summed E-state index contributed by atoms with van der Waals surface area (Å²) in [7, 11) is -2.39. The first-order chi connectivity index (χ1) is 17.2. The van der Waals surface area contributed by atoms with E-state index >= 15 is 0 Å². The number of hydrogen-bond donors (Lipinski definition) is 2. The Kier molecular flexibility index (Phi) is 7.51. The second-order valence-corrected chi connectivity index (χ2v) is 10.2. The fourth-order valence-electron chi connectivity index (χ4n) is 3.92. The van der Waals surface area contributed by atoms with E-state index in [0.29, 0.717) is 5.75 Å². The van der Waals surface area contributed by atoms with Gasteiger partial charge in [0.15, 0.2) is 0 Å². The molecule has 11 heteroatoms. The molecule has 4 rings (SSSR count). The van der Waals surface area contributed by atoms with Crippen molar-refractivity contribution >= 4 is 27.3 Å². The van der Waals surface area contributed by atoms with Gasteiger partial charge in [-0.1, -0.05) is 30.3 Å². The number of nitrogens with one attached hydrogen (secondary N) is 2. The van der Waals surface area contributed by atoms with Crippen LogP contribution in [0.25, 0.3) is 0 Å². The van der Waals surface area contributed by atoms with Crippen molar-refractivity contribution in [1.82, 2.24) is 9.62 Å². The number of carbonyl (C=O) groups is 1. The van der Waals surface area contributed by atoms with Crippen molar-refractivity contribution in [1.29, 1.82) is 0 Å². The SMILES string of the molecule is CN1CCC(Nc2ccc(S(=O)(=O)NC(=O)c3ccccc3Oc3ccccc3)cc2[N+](=O)[O-])CC1. The molecule has 0 aliphatic carbocycles. The predicted molar refractivity (Wildman–Crippen MR) is 135 cm³/mol. The molecular formula is C25H26N4O6S. The fourth-order valence-corrected chi connectivity index (χ4v) is 4.91. The Morgan fingerprint density at radius 1 is 1.03 bits per heavy atom. The summed E-state index contributed by atoms with van der Waals surface area (Å²) in [6.07, 6.45) is 1.63. The summed E-state index contributed by atoms with van der Waals surface area (Å²) >= 11 is 0. The van der Waals surface area contributed by atoms with Gasteiger partial charge in [-0.05, 0) is 69.4 Å². The lowest BCUT2D eigenvalue weighted by Crippen LogP contribution is -2.36. The summed E-state index contributed by atoms with van der Waals surface area (Å²) in [6.45, 7) is 1.72. The van der Waals surface area contributed by atoms with E-state index in [9.17, 15) is 23.3 Å². The summed E-state index contributed by atoms with van der Waals surface area (Å²) in [5, 5.41) is 14.9. The van der Waals surface area contributed by atoms with Crippen molar-refractivity contribution in [2.75, 3.05) is 25.5 Å². The molecule has 0 unspecified atom stereocenters. The standard InChI is InChI=1S/C25H26N4O6S/c1-28-15-13-18(14-16-28)26-22-12-11-20(17-23(22)29(31)32)36(33,34)27-25(30)21-9-5-6-10-24(21)35-19-7-3-2-4-8-19/h2-12,17-18,26H,13-16H2,1H3,(H,27,30). The molecule has 0 aromatic heterocycles. The molecule has 1 aliphatic heterocycles. The Morgan fingerprint density at radius 3 is 2.39 bits per heavy atom. The van der Waals surface area contributed by atoms with Gasteiger partial charge in [-0.25, -0.2) is 13.1 Å². The van der Waals surface area contributed by atoms with Gasteiger partial charge in [0, 0.05) is 12.1 Å². The summed E-state index contributed by atoms with van der Waals surface area (Å²) in [5.41, 5.74) is -0.140. The third-order valence-corrected chi connectivity index (χ3v) is 7.21. The Hall–Kier alpha value is -3.96. The Bertz CT molecular complexity index is 1360. The zero-order chi connectivity index (χ0) is 25.7. The van der Waals surface area contributed by atoms with Crippen LogP contribution in [0.3, 0.4) is 0 Å². The summed E-state index contributed by atoms with van der Waals surface area (Å²) in [4.78, 5) is 25.8. The number of nitro groups is 1. The molecule has 0 bridgehead atoms. The molecule has 1 saturated heterocycles. The lowest BCUT2D eigenvalue weighted by atomic mass is 10.1. The number of amides is 1. The summed E-state index contributed by atoms with van der Waals surface area (Å²) in [5.74, 6) is -0.276. The minimum absolute atomic E-state index is 0.0000175. The molecule has 0 spiro atoms. The lowest BCUT2D eigenvalue weighted by Gasteiger charge is -2.30. The van der Waals surface area contributed by atoms with Crippen molar-refractivity contribution < 1.29 is 22.9 Å². The van der Waals surface area contributed by atoms with E-state index in [4.69, 9.17) is 4.74 Å². The van der Waals surface area contributed by atoms with Gasteiger partial charge in [-0.15, -0.1) is 0 Å². The largest absolute Gasteiger partial charge is 0.457 e. The highest BCUT2D eigenvalue weighted by atomic mass is 32.2. The summed E-state index contributed by atoms with van der Waals surface area (Å²) < 4.78 is 33.7. The number of nitro benzene ring substituents is 1. The molecule has 0 radical (unpaired) electrons. The zero-order valence-electron chi connectivity index (χ0n) is 19.6. The maximum absolute atomic E-state index is 13.0. The van der Waals surface area contributed by atoms with Crippen molar-refractivity contribution in [3.05, 3.63) is 88.5 Å². The van der Waals surface area contributed by atoms with E-state index in [0.717, 1.165) is 32.0 Å². The molecule has 1 amide bonds. The highest BCUT2D eigenvalue weighted by Gasteiger charge is 2.26. The van der Waals surface area contributed by atoms with Gasteiger partial charge < -0.3 is 15.0 Å². The Morgan fingerprint density at radius 2 is 1.69 bits per heavy atom. The van der Waals surface area contributed by atoms with Crippen LogP contribution in [0.5, 0.6) is 11.5 Å². The molecule has 2 N–H and O–H groups in total. The summed E-state index contributed by atoms with van der Waals surface area (Å²) in [6, 6.07) is 18.6. The van der Waals surface area contributed by atoms with E-state index in [1.54, 1.807) is 42.5 Å². The average Bonchev–Trinajstić information content (AvgIpc) is 2.86. The predicted octanol–water partition coefficient (Wildman–Crippen LogP) is 4.01. The number of rotatable bonds is 8. The highest BCUT2D eigenvalue weighted by molar-refractivity contribution is 7.90. The normalized spacial score (nSPS) is 14.7. The first-order valence-electron chi connectivity index (χ1n) is 11.4. The van der Waals surface area contributed by atoms with Crippen LogP contribution in [0.15, 0.2) is 77.7 Å². The number of benzene rings is 3. The number of anilines is 1. The van der Waals surface area contributed by atoms with E-state index in [1.807, 2.05) is 17.8 Å². The first-order valence-corrected chi connectivity index (χ1v) is 12.8. The number of likely N-dealkylation sites (tertiary alicyclic amines) is 1. The number of hydrogen-bond acceptors (Lipinski definition) is 8. The van der Waals surface area contributed by atoms with Crippen molar-refractivity contribution in [2.45, 2.75) is 23.8 Å². The van der Waals surface area contributed by atoms with Crippen LogP contribution in [0, 0.1) is 10.1 Å². The smallest absolute Gasteiger partial charge is 0.293 e. The van der Waals surface area contributed by atoms with Gasteiger partial charge in [-0.3, -0.25) is 14.9 Å². The van der Waals surface area contributed by atoms with Gasteiger partial charge in [0.05, 0.1) is 15.4 Å². The quantitative estimate of drug-likeness (QED) is 0.343. The molecule has 10 nitrogen and oxygen atoms in total. The third-order valence-electron chi connectivity index (χ3n) is 5.88. The first kappa shape index (κ1) is 25.1. The van der Waals surface area contributed by atoms with Crippen molar-refractivity contribution in [3.8, 4) is 11.5 Å². The number of carbonyl (C=O) groups excluding carboxylic acids is 1. The molecular weight excluding hydrogens is 484 g/mol. The number of para-hydroxylation sites is 2. The van der Waals surface area contributed by atoms with Gasteiger partial charge in [0.2, 0.25) is 0 Å². The van der Waals surface area contributed by atoms with E-state index in [-0.39, 0.29) is 28.7 Å². The molecule has 36 heavy (non-hydrogen) atoms. The molecule has 1 fully saturated rings. The van der Waals surface area contributed by atoms with Crippen LogP contribution in [-0.2, 0) is 10.0 Å². The minimum atomic E-state index is -4.40. The molecule has 3 aromatic rings. The van der Waals surface area contributed by atoms with Crippen LogP contribution in [0.2, 0.25) is 0 Å². The van der Waals surface area contributed by atoms with Crippen LogP contribution in [0.4, 0.5) is 11.4 Å². The minimum Gasteiger partial charge on any atom is -0.457 e. The Labute approximate surface area is 209 Å². The topological polar surface area (TPSA) is 131 Å². The van der Waals surface area contributed by atoms with Gasteiger partial charge in [0.1, 0.15) is 17.2 Å². The number of piperidine rings is 1. The molecule has 3 aromatic carbocycles. The second-order valence-electron chi connectivity index (χ2n) is 8.50. The third kappa shape index (κ3) is 5.99. The number of nitrogens with zero attached hydrogens (tertiary/aromatic N) is 2. The molecule has 1 aliphatic rings. The van der Waals surface area contributed by atoms with E-state index in [1.165, 1.54) is 18.2 Å². The van der Waals surface area contributed by atoms with E-state index in [2.05, 4.69) is 10.2 Å². The molecule has 1 heterocycles. The van der Waals surface area contributed by atoms with Crippen LogP contribution < -0.4 is 14.8 Å². The van der Waals surface area contributed by atoms with Crippen LogP contribution in [0.1, 0.15) is 23.2 Å². The van der Waals surface area contributed by atoms with Gasteiger partial charge in [0.25, 0.3) is 21.6 Å². The second kappa shape index (κ2) is 10.8. The Balaban J connectivity index is 1.54. The lowest BCUT2D eigenvalue weighted by molar-refractivity contribution is -0.384. The molecule has 0 saturated carbocycles. The van der Waals surface area contributed by atoms with Crippen LogP contribution >= 0.6 is 0 Å². The fraction of sp³-hybridized carbons (Fsp3) is 0.240. The maximum Gasteiger partial charge on any atom is 0.293 e. The number of ether oxygens (including phenoxy) is 1. The van der Waals surface area contributed by atoms with Gasteiger partial charge in [-0.2, -0.15) is 0 Å². The molecule has 188 valence electrons. The van der Waals surface area contributed by atoms with Crippen molar-refractivity contribution in [3.63, 3.8) is 0 Å². The highest BCUT2D eigenvalue weighted by Crippen LogP contribution is 2.30. The van der Waals surface area contributed by atoms with Gasteiger partial charge >= 0.3 is 0 Å². The van der Waals surface area contributed by atoms with Crippen LogP contribution in [-0.4, -0.2) is 50.3 Å². The average molecular weight is 511 g/mol. The number of sulfonamides is 1. The molecule has 0 atom stereocenters. The zero-order valence-corrected chi connectivity index (χ0v) is 20.4. The monoisotopic (exact) mass is 510 g/mol.